The molecule has 1 N–H and O–H groups in total. The Morgan fingerprint density at radius 1 is 1.25 bits per heavy atom. The van der Waals surface area contributed by atoms with Gasteiger partial charge in [0.2, 0.25) is 5.28 Å². The first-order valence-corrected chi connectivity index (χ1v) is 4.33. The van der Waals surface area contributed by atoms with Crippen LogP contribution in [0.25, 0.3) is 11.0 Å². The van der Waals surface area contributed by atoms with Crippen LogP contribution in [0, 0.1) is 0 Å². The van der Waals surface area contributed by atoms with Crippen LogP contribution in [0.2, 0.25) is 10.4 Å². The summed E-state index contributed by atoms with van der Waals surface area (Å²) in [5, 5.41) is 0.277. The Morgan fingerprint density at radius 2 is 1.88 bits per heavy atom. The molecule has 0 saturated heterocycles. The molecule has 0 aliphatic rings. The molecule has 2 aromatic heterocycles. The maximum atomic E-state index is 12.4. The minimum atomic E-state index is -2.67. The molecule has 0 aromatic carbocycles. The Balaban J connectivity index is 0.00000112. The van der Waals surface area contributed by atoms with Crippen molar-refractivity contribution in [1.82, 2.24) is 14.5 Å². The van der Waals surface area contributed by atoms with Crippen molar-refractivity contribution in [3.8, 4) is 0 Å². The molecule has 0 fully saturated rings. The second kappa shape index (κ2) is 6.55. The second-order valence-corrected chi connectivity index (χ2v) is 3.22. The summed E-state index contributed by atoms with van der Waals surface area (Å²) >= 11 is 11.2. The van der Waals surface area contributed by atoms with E-state index in [9.17, 15) is 8.78 Å². The molecule has 0 saturated carbocycles. The zero-order valence-electron chi connectivity index (χ0n) is 8.03. The summed E-state index contributed by atoms with van der Waals surface area (Å²) in [5.41, 5.74) is 0.0324. The SMILES string of the molecule is FC(F)n1ccc2c(Cl)nc(Cl)nc21.[K+].[OH-]. The van der Waals surface area contributed by atoms with Gasteiger partial charge in [0.05, 0.1) is 5.39 Å². The molecule has 4 nitrogen and oxygen atoms in total. The van der Waals surface area contributed by atoms with Crippen molar-refractivity contribution in [3.63, 3.8) is 0 Å². The normalized spacial score (nSPS) is 10.1. The number of alkyl halides is 2. The van der Waals surface area contributed by atoms with Crippen molar-refractivity contribution in [1.29, 1.82) is 0 Å². The third-order valence-corrected chi connectivity index (χ3v) is 2.17. The van der Waals surface area contributed by atoms with Crippen molar-refractivity contribution >= 4 is 34.2 Å². The third-order valence-electron chi connectivity index (χ3n) is 1.71. The number of rotatable bonds is 1. The fraction of sp³-hybridized carbons (Fsp3) is 0.143. The summed E-state index contributed by atoms with van der Waals surface area (Å²) in [6, 6.07) is 1.42. The summed E-state index contributed by atoms with van der Waals surface area (Å²) in [7, 11) is 0. The molecule has 0 radical (unpaired) electrons. The smallest absolute Gasteiger partial charge is 0.870 e. The molecule has 0 spiro atoms. The van der Waals surface area contributed by atoms with E-state index in [2.05, 4.69) is 9.97 Å². The van der Waals surface area contributed by atoms with Gasteiger partial charge in [-0.15, -0.1) is 0 Å². The maximum absolute atomic E-state index is 12.4. The number of hydrogen-bond donors (Lipinski definition) is 0. The zero-order chi connectivity index (χ0) is 10.3. The van der Waals surface area contributed by atoms with Gasteiger partial charge in [-0.3, -0.25) is 4.57 Å². The Kier molecular flexibility index (Phi) is 6.82. The van der Waals surface area contributed by atoms with Crippen LogP contribution in [-0.2, 0) is 0 Å². The molecule has 2 heterocycles. The van der Waals surface area contributed by atoms with Crippen molar-refractivity contribution in [3.05, 3.63) is 22.7 Å². The van der Waals surface area contributed by atoms with E-state index in [0.29, 0.717) is 9.95 Å². The summed E-state index contributed by atoms with van der Waals surface area (Å²) < 4.78 is 25.5. The van der Waals surface area contributed by atoms with Gasteiger partial charge in [0, 0.05) is 6.20 Å². The predicted octanol–water partition coefficient (Wildman–Crippen LogP) is -0.0396. The van der Waals surface area contributed by atoms with Crippen LogP contribution in [0.1, 0.15) is 6.55 Å². The summed E-state index contributed by atoms with van der Waals surface area (Å²) in [5.74, 6) is 0. The number of fused-ring (bicyclic) bond motifs is 1. The van der Waals surface area contributed by atoms with E-state index in [0.717, 1.165) is 0 Å². The van der Waals surface area contributed by atoms with E-state index in [4.69, 9.17) is 23.2 Å². The van der Waals surface area contributed by atoms with Gasteiger partial charge < -0.3 is 5.48 Å². The second-order valence-electron chi connectivity index (χ2n) is 2.52. The van der Waals surface area contributed by atoms with E-state index in [1.54, 1.807) is 0 Å². The first kappa shape index (κ1) is 16.7. The predicted molar refractivity (Wildman–Crippen MR) is 50.7 cm³/mol. The maximum Gasteiger partial charge on any atom is 1.00 e. The van der Waals surface area contributed by atoms with Gasteiger partial charge in [0.15, 0.2) is 5.65 Å². The van der Waals surface area contributed by atoms with Gasteiger partial charge in [-0.05, 0) is 17.7 Å². The third kappa shape index (κ3) is 3.11. The zero-order valence-corrected chi connectivity index (χ0v) is 12.7. The van der Waals surface area contributed by atoms with E-state index in [-0.39, 0.29) is 72.9 Å². The van der Waals surface area contributed by atoms with Crippen molar-refractivity contribution in [2.24, 2.45) is 0 Å². The molecular weight excluding hydrogens is 290 g/mol. The van der Waals surface area contributed by atoms with Crippen LogP contribution in [0.5, 0.6) is 0 Å². The molecule has 0 unspecified atom stereocenters. The van der Waals surface area contributed by atoms with Crippen LogP contribution in [0.4, 0.5) is 8.78 Å². The minimum Gasteiger partial charge on any atom is -0.870 e. The monoisotopic (exact) mass is 293 g/mol. The number of nitrogens with zero attached hydrogens (tertiary/aromatic N) is 3. The summed E-state index contributed by atoms with van der Waals surface area (Å²) in [4.78, 5) is 7.31. The Bertz CT molecular complexity index is 494. The van der Waals surface area contributed by atoms with Crippen molar-refractivity contribution in [2.45, 2.75) is 6.55 Å². The van der Waals surface area contributed by atoms with Gasteiger partial charge in [-0.25, -0.2) is 4.98 Å². The molecule has 16 heavy (non-hydrogen) atoms. The van der Waals surface area contributed by atoms with Gasteiger partial charge in [0.25, 0.3) is 0 Å². The van der Waals surface area contributed by atoms with Gasteiger partial charge in [-0.1, -0.05) is 11.6 Å². The number of aromatic nitrogens is 3. The Hall–Kier alpha value is 0.656. The average Bonchev–Trinajstić information content (AvgIpc) is 2.47. The van der Waals surface area contributed by atoms with Crippen LogP contribution >= 0.6 is 23.2 Å². The molecule has 0 bridgehead atoms. The molecule has 0 amide bonds. The fourth-order valence-corrected chi connectivity index (χ4v) is 1.56. The van der Waals surface area contributed by atoms with Gasteiger partial charge in [-0.2, -0.15) is 13.8 Å². The number of hydrogen-bond acceptors (Lipinski definition) is 3. The molecule has 2 rings (SSSR count). The van der Waals surface area contributed by atoms with Gasteiger partial charge >= 0.3 is 57.9 Å². The first-order chi connectivity index (χ1) is 6.59. The van der Waals surface area contributed by atoms with E-state index in [1.165, 1.54) is 12.3 Å². The van der Waals surface area contributed by atoms with Crippen molar-refractivity contribution < 1.29 is 65.6 Å². The van der Waals surface area contributed by atoms with Crippen LogP contribution < -0.4 is 51.4 Å². The average molecular weight is 294 g/mol. The van der Waals surface area contributed by atoms with Crippen molar-refractivity contribution in [2.75, 3.05) is 0 Å². The Morgan fingerprint density at radius 3 is 2.44 bits per heavy atom. The van der Waals surface area contributed by atoms with E-state index in [1.807, 2.05) is 0 Å². The molecule has 82 valence electrons. The quantitative estimate of drug-likeness (QED) is 0.421. The fourth-order valence-electron chi connectivity index (χ4n) is 1.13. The molecule has 2 aromatic rings. The molecular formula is C7H4Cl2F2KN3O. The minimum absolute atomic E-state index is 0. The van der Waals surface area contributed by atoms with Crippen LogP contribution in [-0.4, -0.2) is 20.0 Å². The van der Waals surface area contributed by atoms with Gasteiger partial charge in [0.1, 0.15) is 5.15 Å². The Labute approximate surface area is 142 Å². The van der Waals surface area contributed by atoms with E-state index < -0.39 is 6.55 Å². The standard InChI is InChI=1S/C7H3Cl2F2N3.K.H2O/c8-4-3-1-2-14(7(10)11)5(3)13-6(9)12-4;;/h1-2,7H;;1H2/q;+1;/p-1. The van der Waals surface area contributed by atoms with Crippen LogP contribution in [0.3, 0.4) is 0 Å². The largest absolute Gasteiger partial charge is 1.00 e. The molecule has 0 aliphatic carbocycles. The molecule has 0 atom stereocenters. The van der Waals surface area contributed by atoms with E-state index >= 15 is 0 Å². The first-order valence-electron chi connectivity index (χ1n) is 3.57. The summed E-state index contributed by atoms with van der Waals surface area (Å²) in [6.07, 6.45) is 1.19. The topological polar surface area (TPSA) is 60.7 Å². The molecule has 9 heteroatoms. The molecule has 0 aliphatic heterocycles. The van der Waals surface area contributed by atoms with Crippen LogP contribution in [0.15, 0.2) is 12.3 Å². The number of halogens is 4. The summed E-state index contributed by atoms with van der Waals surface area (Å²) in [6.45, 7) is -2.67.